The van der Waals surface area contributed by atoms with Gasteiger partial charge in [0.05, 0.1) is 12.3 Å². The molecule has 3 aromatic rings. The molecule has 1 amide bonds. The molecule has 0 spiro atoms. The molecule has 0 aliphatic rings. The summed E-state index contributed by atoms with van der Waals surface area (Å²) in [6.07, 6.45) is -0.379. The normalized spacial score (nSPS) is 10.7. The first kappa shape index (κ1) is 18.1. The highest BCUT2D eigenvalue weighted by atomic mass is 32.1. The van der Waals surface area contributed by atoms with Gasteiger partial charge < -0.3 is 10.1 Å². The van der Waals surface area contributed by atoms with Crippen LogP contribution in [0, 0.1) is 5.92 Å². The van der Waals surface area contributed by atoms with Crippen molar-refractivity contribution in [2.75, 3.05) is 6.61 Å². The van der Waals surface area contributed by atoms with Crippen LogP contribution in [-0.2, 0) is 11.3 Å². The number of ether oxygens (including phenoxy) is 1. The summed E-state index contributed by atoms with van der Waals surface area (Å²) < 4.78 is 5.10. The van der Waals surface area contributed by atoms with Crippen molar-refractivity contribution < 1.29 is 9.53 Å². The fraction of sp³-hybridized carbons (Fsp3) is 0.238. The molecule has 5 heteroatoms. The Kier molecular flexibility index (Phi) is 6.02. The second-order valence-corrected chi connectivity index (χ2v) is 7.30. The lowest BCUT2D eigenvalue weighted by atomic mass is 10.1. The molecule has 3 rings (SSSR count). The Balaban J connectivity index is 1.60. The van der Waals surface area contributed by atoms with Crippen LogP contribution in [-0.4, -0.2) is 17.7 Å². The van der Waals surface area contributed by atoms with Gasteiger partial charge >= 0.3 is 6.09 Å². The molecule has 0 saturated carbocycles. The molecule has 0 aliphatic heterocycles. The van der Waals surface area contributed by atoms with E-state index >= 15 is 0 Å². The molecule has 4 nitrogen and oxygen atoms in total. The minimum Gasteiger partial charge on any atom is -0.449 e. The van der Waals surface area contributed by atoms with E-state index in [-0.39, 0.29) is 6.09 Å². The van der Waals surface area contributed by atoms with Crippen molar-refractivity contribution in [1.29, 1.82) is 0 Å². The number of hydrogen-bond donors (Lipinski definition) is 1. The number of hydrogen-bond acceptors (Lipinski definition) is 4. The fourth-order valence-electron chi connectivity index (χ4n) is 2.38. The summed E-state index contributed by atoms with van der Waals surface area (Å²) in [6.45, 7) is 4.89. The van der Waals surface area contributed by atoms with E-state index < -0.39 is 0 Å². The Morgan fingerprint density at radius 1 is 1.08 bits per heavy atom. The first-order valence-corrected chi connectivity index (χ1v) is 9.50. The Bertz CT molecular complexity index is 842. The molecule has 0 radical (unpaired) electrons. The van der Waals surface area contributed by atoms with Gasteiger partial charge in [0, 0.05) is 23.1 Å². The Morgan fingerprint density at radius 3 is 2.50 bits per heavy atom. The molecule has 1 aromatic heterocycles. The highest BCUT2D eigenvalue weighted by molar-refractivity contribution is 7.13. The van der Waals surface area contributed by atoms with E-state index in [1.54, 1.807) is 11.3 Å². The third kappa shape index (κ3) is 4.92. The highest BCUT2D eigenvalue weighted by Crippen LogP contribution is 2.28. The van der Waals surface area contributed by atoms with Gasteiger partial charge in [0.25, 0.3) is 0 Å². The number of carbonyl (C=O) groups excluding carboxylic acids is 1. The van der Waals surface area contributed by atoms with Crippen molar-refractivity contribution in [2.45, 2.75) is 20.4 Å². The lowest BCUT2D eigenvalue weighted by molar-refractivity contribution is 0.132. The van der Waals surface area contributed by atoms with Gasteiger partial charge in [0.15, 0.2) is 0 Å². The third-order valence-electron chi connectivity index (χ3n) is 3.76. The molecule has 0 saturated heterocycles. The molecule has 1 N–H and O–H groups in total. The van der Waals surface area contributed by atoms with Crippen LogP contribution in [0.3, 0.4) is 0 Å². The highest BCUT2D eigenvalue weighted by Gasteiger charge is 2.07. The number of carbonyl (C=O) groups is 1. The van der Waals surface area contributed by atoms with E-state index in [0.717, 1.165) is 27.4 Å². The van der Waals surface area contributed by atoms with Crippen molar-refractivity contribution >= 4 is 17.4 Å². The number of nitrogens with one attached hydrogen (secondary N) is 1. The summed E-state index contributed by atoms with van der Waals surface area (Å²) in [7, 11) is 0. The topological polar surface area (TPSA) is 51.2 Å². The monoisotopic (exact) mass is 366 g/mol. The van der Waals surface area contributed by atoms with E-state index in [2.05, 4.69) is 22.8 Å². The second-order valence-electron chi connectivity index (χ2n) is 6.45. The van der Waals surface area contributed by atoms with Crippen LogP contribution in [0.4, 0.5) is 4.79 Å². The van der Waals surface area contributed by atoms with Gasteiger partial charge in [0.1, 0.15) is 5.01 Å². The molecule has 1 heterocycles. The van der Waals surface area contributed by atoms with Gasteiger partial charge in [-0.15, -0.1) is 11.3 Å². The van der Waals surface area contributed by atoms with Crippen LogP contribution in [0.1, 0.15) is 19.4 Å². The molecule has 0 atom stereocenters. The molecule has 0 bridgehead atoms. The van der Waals surface area contributed by atoms with Gasteiger partial charge in [-0.25, -0.2) is 9.78 Å². The summed E-state index contributed by atoms with van der Waals surface area (Å²) in [5.41, 5.74) is 4.21. The molecule has 0 fully saturated rings. The second kappa shape index (κ2) is 8.63. The zero-order chi connectivity index (χ0) is 18.4. The van der Waals surface area contributed by atoms with Crippen LogP contribution < -0.4 is 5.32 Å². The van der Waals surface area contributed by atoms with E-state index in [1.807, 2.05) is 56.3 Å². The van der Waals surface area contributed by atoms with Crippen molar-refractivity contribution in [3.63, 3.8) is 0 Å². The molecule has 0 unspecified atom stereocenters. The predicted molar refractivity (Wildman–Crippen MR) is 106 cm³/mol. The summed E-state index contributed by atoms with van der Waals surface area (Å²) in [5.74, 6) is 0.333. The van der Waals surface area contributed by atoms with Crippen molar-refractivity contribution in [2.24, 2.45) is 5.92 Å². The maximum atomic E-state index is 11.6. The molecular weight excluding hydrogens is 344 g/mol. The molecule has 0 aliphatic carbocycles. The first-order chi connectivity index (χ1) is 12.6. The lowest BCUT2D eigenvalue weighted by Crippen LogP contribution is -2.25. The van der Waals surface area contributed by atoms with E-state index in [9.17, 15) is 4.79 Å². The zero-order valence-electron chi connectivity index (χ0n) is 14.9. The van der Waals surface area contributed by atoms with Crippen LogP contribution in [0.25, 0.3) is 21.8 Å². The van der Waals surface area contributed by atoms with Gasteiger partial charge in [0.2, 0.25) is 0 Å². The van der Waals surface area contributed by atoms with E-state index in [0.29, 0.717) is 19.1 Å². The van der Waals surface area contributed by atoms with Gasteiger partial charge in [-0.1, -0.05) is 68.4 Å². The third-order valence-corrected chi connectivity index (χ3v) is 4.65. The standard InChI is InChI=1S/C21H22N2O2S/c1-15(2)13-25-21(24)22-12-16-8-10-18(11-9-16)20-23-19(14-26-20)17-6-4-3-5-7-17/h3-11,14-15H,12-13H2,1-2H3,(H,22,24). The summed E-state index contributed by atoms with van der Waals surface area (Å²) in [4.78, 5) is 16.3. The molecule has 134 valence electrons. The van der Waals surface area contributed by atoms with Crippen molar-refractivity contribution in [3.8, 4) is 21.8 Å². The molecule has 26 heavy (non-hydrogen) atoms. The first-order valence-electron chi connectivity index (χ1n) is 8.62. The van der Waals surface area contributed by atoms with E-state index in [4.69, 9.17) is 9.72 Å². The van der Waals surface area contributed by atoms with E-state index in [1.165, 1.54) is 0 Å². The Labute approximate surface area is 157 Å². The number of nitrogens with zero attached hydrogens (tertiary/aromatic N) is 1. The average molecular weight is 366 g/mol. The lowest BCUT2D eigenvalue weighted by Gasteiger charge is -2.09. The van der Waals surface area contributed by atoms with Gasteiger partial charge in [-0.3, -0.25) is 0 Å². The minimum absolute atomic E-state index is 0.333. The summed E-state index contributed by atoms with van der Waals surface area (Å²) >= 11 is 1.63. The van der Waals surface area contributed by atoms with Crippen LogP contribution in [0.15, 0.2) is 60.0 Å². The average Bonchev–Trinajstić information content (AvgIpc) is 3.16. The molecular formula is C21H22N2O2S. The SMILES string of the molecule is CC(C)COC(=O)NCc1ccc(-c2nc(-c3ccccc3)cs2)cc1. The van der Waals surface area contributed by atoms with Gasteiger partial charge in [-0.05, 0) is 11.5 Å². The number of alkyl carbamates (subject to hydrolysis) is 1. The van der Waals surface area contributed by atoms with Crippen molar-refractivity contribution in [3.05, 3.63) is 65.5 Å². The maximum absolute atomic E-state index is 11.6. The molecule has 2 aromatic carbocycles. The van der Waals surface area contributed by atoms with Crippen LogP contribution >= 0.6 is 11.3 Å². The smallest absolute Gasteiger partial charge is 0.407 e. The quantitative estimate of drug-likeness (QED) is 0.639. The number of rotatable bonds is 6. The Hall–Kier alpha value is -2.66. The largest absolute Gasteiger partial charge is 0.449 e. The number of benzene rings is 2. The fourth-order valence-corrected chi connectivity index (χ4v) is 3.22. The van der Waals surface area contributed by atoms with Crippen LogP contribution in [0.5, 0.6) is 0 Å². The minimum atomic E-state index is -0.379. The Morgan fingerprint density at radius 2 is 1.81 bits per heavy atom. The summed E-state index contributed by atoms with van der Waals surface area (Å²) in [6, 6.07) is 18.2. The van der Waals surface area contributed by atoms with Crippen molar-refractivity contribution in [1.82, 2.24) is 10.3 Å². The van der Waals surface area contributed by atoms with Gasteiger partial charge in [-0.2, -0.15) is 0 Å². The zero-order valence-corrected chi connectivity index (χ0v) is 15.8. The maximum Gasteiger partial charge on any atom is 0.407 e. The van der Waals surface area contributed by atoms with Crippen LogP contribution in [0.2, 0.25) is 0 Å². The predicted octanol–water partition coefficient (Wildman–Crippen LogP) is 5.36. The number of thiazole rings is 1. The number of aromatic nitrogens is 1. The summed E-state index contributed by atoms with van der Waals surface area (Å²) in [5, 5.41) is 5.83. The number of amides is 1.